The second-order valence-corrected chi connectivity index (χ2v) is 6.51. The molecular weight excluding hydrogens is 224 g/mol. The molecule has 0 saturated carbocycles. The van der Waals surface area contributed by atoms with E-state index in [2.05, 4.69) is 38.3 Å². The van der Waals surface area contributed by atoms with Gasteiger partial charge in [0.1, 0.15) is 0 Å². The number of carbonyl (C=O) groups excluding carboxylic acids is 1. The first-order valence-electron chi connectivity index (χ1n) is 7.45. The van der Waals surface area contributed by atoms with E-state index in [1.165, 1.54) is 0 Å². The molecule has 1 rings (SSSR count). The van der Waals surface area contributed by atoms with Crippen LogP contribution in [-0.2, 0) is 4.79 Å². The third-order valence-corrected chi connectivity index (χ3v) is 4.37. The maximum atomic E-state index is 12.5. The van der Waals surface area contributed by atoms with Crippen molar-refractivity contribution in [2.24, 2.45) is 10.8 Å². The summed E-state index contributed by atoms with van der Waals surface area (Å²) in [5.41, 5.74) is 0.0436. The van der Waals surface area contributed by atoms with Crippen LogP contribution in [0.25, 0.3) is 0 Å². The highest BCUT2D eigenvalue weighted by Gasteiger charge is 2.38. The minimum absolute atomic E-state index is 0.156. The first kappa shape index (κ1) is 15.5. The highest BCUT2D eigenvalue weighted by atomic mass is 16.2. The van der Waals surface area contributed by atoms with Crippen molar-refractivity contribution in [3.8, 4) is 0 Å². The third kappa shape index (κ3) is 3.98. The molecule has 1 saturated heterocycles. The van der Waals surface area contributed by atoms with Crippen LogP contribution in [0.5, 0.6) is 0 Å². The lowest BCUT2D eigenvalue weighted by atomic mass is 9.76. The molecule has 0 aromatic rings. The summed E-state index contributed by atoms with van der Waals surface area (Å²) in [6.45, 7) is 11.4. The molecule has 1 unspecified atom stereocenters. The number of hydrogen-bond acceptors (Lipinski definition) is 2. The minimum Gasteiger partial charge on any atom is -0.355 e. The summed E-state index contributed by atoms with van der Waals surface area (Å²) in [6, 6.07) is 0. The molecule has 1 amide bonds. The second-order valence-electron chi connectivity index (χ2n) is 6.51. The van der Waals surface area contributed by atoms with Crippen LogP contribution < -0.4 is 10.6 Å². The zero-order chi connectivity index (χ0) is 13.6. The van der Waals surface area contributed by atoms with Gasteiger partial charge in [0.25, 0.3) is 0 Å². The Morgan fingerprint density at radius 3 is 2.61 bits per heavy atom. The van der Waals surface area contributed by atoms with Gasteiger partial charge in [0.2, 0.25) is 5.91 Å². The Morgan fingerprint density at radius 1 is 1.39 bits per heavy atom. The Morgan fingerprint density at radius 2 is 2.11 bits per heavy atom. The average molecular weight is 254 g/mol. The van der Waals surface area contributed by atoms with Crippen LogP contribution in [0.4, 0.5) is 0 Å². The third-order valence-electron chi connectivity index (χ3n) is 4.37. The van der Waals surface area contributed by atoms with Crippen molar-refractivity contribution in [2.45, 2.75) is 59.8 Å². The Hall–Kier alpha value is -0.570. The fraction of sp³-hybridized carbons (Fsp3) is 0.933. The number of piperidine rings is 1. The molecule has 1 fully saturated rings. The Kier molecular flexibility index (Phi) is 5.64. The van der Waals surface area contributed by atoms with E-state index in [9.17, 15) is 4.79 Å². The van der Waals surface area contributed by atoms with E-state index in [1.807, 2.05) is 0 Å². The van der Waals surface area contributed by atoms with E-state index in [4.69, 9.17) is 0 Å². The van der Waals surface area contributed by atoms with E-state index in [0.717, 1.165) is 51.7 Å². The average Bonchev–Trinajstić information content (AvgIpc) is 2.37. The van der Waals surface area contributed by atoms with E-state index in [1.54, 1.807) is 0 Å². The van der Waals surface area contributed by atoms with Crippen molar-refractivity contribution in [3.63, 3.8) is 0 Å². The first-order chi connectivity index (χ1) is 8.46. The molecule has 0 aliphatic carbocycles. The van der Waals surface area contributed by atoms with Gasteiger partial charge in [0, 0.05) is 13.1 Å². The highest BCUT2D eigenvalue weighted by Crippen LogP contribution is 2.32. The standard InChI is InChI=1S/C15H30N2O/c1-5-8-15(9-7-10-16-12-15)13(18)17-11-14(3,4)6-2/h16H,5-12H2,1-4H3,(H,17,18). The summed E-state index contributed by atoms with van der Waals surface area (Å²) < 4.78 is 0. The number of amides is 1. The lowest BCUT2D eigenvalue weighted by molar-refractivity contribution is -0.133. The van der Waals surface area contributed by atoms with Gasteiger partial charge in [0.05, 0.1) is 5.41 Å². The zero-order valence-electron chi connectivity index (χ0n) is 12.6. The van der Waals surface area contributed by atoms with Crippen molar-refractivity contribution >= 4 is 5.91 Å². The summed E-state index contributed by atoms with van der Waals surface area (Å²) in [6.07, 6.45) is 5.31. The van der Waals surface area contributed by atoms with Crippen LogP contribution in [0.2, 0.25) is 0 Å². The van der Waals surface area contributed by atoms with Crippen molar-refractivity contribution in [1.29, 1.82) is 0 Å². The van der Waals surface area contributed by atoms with Gasteiger partial charge in [-0.1, -0.05) is 34.1 Å². The summed E-state index contributed by atoms with van der Waals surface area (Å²) in [5, 5.41) is 6.58. The van der Waals surface area contributed by atoms with E-state index >= 15 is 0 Å². The topological polar surface area (TPSA) is 41.1 Å². The molecule has 0 radical (unpaired) electrons. The molecule has 1 aliphatic rings. The first-order valence-corrected chi connectivity index (χ1v) is 7.45. The van der Waals surface area contributed by atoms with Gasteiger partial charge in [-0.05, 0) is 37.6 Å². The van der Waals surface area contributed by atoms with Crippen LogP contribution in [0, 0.1) is 10.8 Å². The summed E-state index contributed by atoms with van der Waals surface area (Å²) in [5.74, 6) is 0.262. The predicted molar refractivity (Wildman–Crippen MR) is 76.5 cm³/mol. The molecule has 3 heteroatoms. The van der Waals surface area contributed by atoms with Gasteiger partial charge >= 0.3 is 0 Å². The number of rotatable bonds is 6. The minimum atomic E-state index is -0.156. The fourth-order valence-electron chi connectivity index (χ4n) is 2.60. The Labute approximate surface area is 112 Å². The van der Waals surface area contributed by atoms with E-state index < -0.39 is 0 Å². The van der Waals surface area contributed by atoms with Gasteiger partial charge in [-0.2, -0.15) is 0 Å². The van der Waals surface area contributed by atoms with E-state index in [0.29, 0.717) is 0 Å². The molecule has 2 N–H and O–H groups in total. The molecule has 0 bridgehead atoms. The molecular formula is C15H30N2O. The summed E-state index contributed by atoms with van der Waals surface area (Å²) in [7, 11) is 0. The largest absolute Gasteiger partial charge is 0.355 e. The van der Waals surface area contributed by atoms with Crippen LogP contribution in [0.3, 0.4) is 0 Å². The summed E-state index contributed by atoms with van der Waals surface area (Å²) in [4.78, 5) is 12.5. The number of hydrogen-bond donors (Lipinski definition) is 2. The molecule has 1 heterocycles. The zero-order valence-corrected chi connectivity index (χ0v) is 12.6. The van der Waals surface area contributed by atoms with E-state index in [-0.39, 0.29) is 16.7 Å². The quantitative estimate of drug-likeness (QED) is 0.765. The SMILES string of the molecule is CCCC1(C(=O)NCC(C)(C)CC)CCCNC1. The van der Waals surface area contributed by atoms with Crippen molar-refractivity contribution in [3.05, 3.63) is 0 Å². The van der Waals surface area contributed by atoms with Crippen LogP contribution in [-0.4, -0.2) is 25.5 Å². The Bertz CT molecular complexity index is 262. The predicted octanol–water partition coefficient (Wildman–Crippen LogP) is 2.71. The molecule has 0 spiro atoms. The lowest BCUT2D eigenvalue weighted by Gasteiger charge is -2.37. The van der Waals surface area contributed by atoms with Gasteiger partial charge in [-0.25, -0.2) is 0 Å². The smallest absolute Gasteiger partial charge is 0.227 e. The van der Waals surface area contributed by atoms with Gasteiger partial charge < -0.3 is 10.6 Å². The molecule has 3 nitrogen and oxygen atoms in total. The molecule has 18 heavy (non-hydrogen) atoms. The second kappa shape index (κ2) is 6.55. The summed E-state index contributed by atoms with van der Waals surface area (Å²) >= 11 is 0. The lowest BCUT2D eigenvalue weighted by Crippen LogP contribution is -2.51. The number of carbonyl (C=O) groups is 1. The van der Waals surface area contributed by atoms with Crippen LogP contribution in [0.1, 0.15) is 59.8 Å². The van der Waals surface area contributed by atoms with Gasteiger partial charge in [-0.15, -0.1) is 0 Å². The van der Waals surface area contributed by atoms with Crippen LogP contribution in [0.15, 0.2) is 0 Å². The molecule has 1 aliphatic heterocycles. The van der Waals surface area contributed by atoms with Crippen molar-refractivity contribution in [2.75, 3.05) is 19.6 Å². The van der Waals surface area contributed by atoms with Crippen LogP contribution >= 0.6 is 0 Å². The van der Waals surface area contributed by atoms with Crippen molar-refractivity contribution < 1.29 is 4.79 Å². The monoisotopic (exact) mass is 254 g/mol. The van der Waals surface area contributed by atoms with Gasteiger partial charge in [0.15, 0.2) is 0 Å². The maximum Gasteiger partial charge on any atom is 0.227 e. The molecule has 106 valence electrons. The molecule has 1 atom stereocenters. The fourth-order valence-corrected chi connectivity index (χ4v) is 2.60. The molecule has 0 aromatic heterocycles. The van der Waals surface area contributed by atoms with Gasteiger partial charge in [-0.3, -0.25) is 4.79 Å². The maximum absolute atomic E-state index is 12.5. The van der Waals surface area contributed by atoms with Crippen molar-refractivity contribution in [1.82, 2.24) is 10.6 Å². The normalized spacial score (nSPS) is 24.9. The Balaban J connectivity index is 2.60. The highest BCUT2D eigenvalue weighted by molar-refractivity contribution is 5.83. The number of nitrogens with one attached hydrogen (secondary N) is 2. The molecule has 0 aromatic carbocycles.